The monoisotopic (exact) mass is 482 g/mol. The molecule has 13 heteroatoms. The van der Waals surface area contributed by atoms with E-state index in [1.165, 1.54) is 22.7 Å². The zero-order valence-corrected chi connectivity index (χ0v) is 19.4. The maximum atomic E-state index is 13.1. The van der Waals surface area contributed by atoms with Crippen LogP contribution in [0.15, 0.2) is 56.7 Å². The number of hydrogen-bond donors (Lipinski definition) is 1. The van der Waals surface area contributed by atoms with Gasteiger partial charge < -0.3 is 19.1 Å². The normalized spacial score (nSPS) is 10.9. The highest BCUT2D eigenvalue weighted by atomic mass is 32.2. The Hall–Kier alpha value is -4.00. The second kappa shape index (κ2) is 10.7. The van der Waals surface area contributed by atoms with Crippen LogP contribution >= 0.6 is 11.8 Å². The minimum atomic E-state index is -0.205. The molecule has 0 saturated carbocycles. The Kier molecular flexibility index (Phi) is 7.32. The predicted octanol–water partition coefficient (Wildman–Crippen LogP) is 2.64. The number of nitrogens with one attached hydrogen (secondary N) is 1. The molecular formula is C21H22N8O4S. The number of tetrazole rings is 1. The van der Waals surface area contributed by atoms with E-state index in [1.807, 2.05) is 6.92 Å². The number of nitrogens with zero attached hydrogens (tertiary/aromatic N) is 7. The highest BCUT2D eigenvalue weighted by molar-refractivity contribution is 7.99. The minimum absolute atomic E-state index is 0.156. The van der Waals surface area contributed by atoms with Crippen LogP contribution < -0.4 is 5.32 Å². The first-order chi connectivity index (χ1) is 16.5. The third-order valence-corrected chi connectivity index (χ3v) is 5.65. The highest BCUT2D eigenvalue weighted by Crippen LogP contribution is 2.20. The number of rotatable bonds is 10. The summed E-state index contributed by atoms with van der Waals surface area (Å²) in [4.78, 5) is 26.9. The van der Waals surface area contributed by atoms with E-state index in [9.17, 15) is 9.59 Å². The Bertz CT molecular complexity index is 1240. The molecule has 0 unspecified atom stereocenters. The van der Waals surface area contributed by atoms with Crippen molar-refractivity contribution in [2.45, 2.75) is 25.0 Å². The van der Waals surface area contributed by atoms with E-state index in [0.717, 1.165) is 6.42 Å². The molecule has 1 N–H and O–H groups in total. The molecule has 0 aliphatic carbocycles. The zero-order valence-electron chi connectivity index (χ0n) is 18.5. The summed E-state index contributed by atoms with van der Waals surface area (Å²) >= 11 is 1.23. The van der Waals surface area contributed by atoms with Crippen molar-refractivity contribution in [1.82, 2.24) is 35.3 Å². The first-order valence-corrected chi connectivity index (χ1v) is 11.4. The van der Waals surface area contributed by atoms with Gasteiger partial charge in [0, 0.05) is 24.8 Å². The van der Waals surface area contributed by atoms with E-state index in [0.29, 0.717) is 34.6 Å². The molecule has 0 aliphatic rings. The molecule has 0 spiro atoms. The fraction of sp³-hybridized carbons (Fsp3) is 0.286. The van der Waals surface area contributed by atoms with E-state index in [1.54, 1.807) is 48.3 Å². The van der Waals surface area contributed by atoms with Crippen molar-refractivity contribution in [2.24, 2.45) is 7.05 Å². The highest BCUT2D eigenvalue weighted by Gasteiger charge is 2.20. The second-order valence-electron chi connectivity index (χ2n) is 7.20. The Balaban J connectivity index is 1.35. The van der Waals surface area contributed by atoms with Crippen LogP contribution in [0.1, 0.15) is 29.6 Å². The number of amides is 2. The van der Waals surface area contributed by atoms with Crippen molar-refractivity contribution in [1.29, 1.82) is 0 Å². The molecule has 0 aliphatic heterocycles. The van der Waals surface area contributed by atoms with Crippen molar-refractivity contribution in [3.63, 3.8) is 0 Å². The van der Waals surface area contributed by atoms with Crippen LogP contribution in [0.25, 0.3) is 11.7 Å². The first-order valence-electron chi connectivity index (χ1n) is 10.4. The number of hydrogen-bond acceptors (Lipinski definition) is 10. The summed E-state index contributed by atoms with van der Waals surface area (Å²) in [6.07, 6.45) is 2.28. The average Bonchev–Trinajstić information content (AvgIpc) is 3.60. The van der Waals surface area contributed by atoms with Crippen LogP contribution in [0.5, 0.6) is 0 Å². The lowest BCUT2D eigenvalue weighted by molar-refractivity contribution is -0.113. The van der Waals surface area contributed by atoms with Crippen molar-refractivity contribution >= 4 is 29.3 Å². The lowest BCUT2D eigenvalue weighted by Gasteiger charge is -2.20. The van der Waals surface area contributed by atoms with Gasteiger partial charge in [-0.05, 0) is 53.2 Å². The van der Waals surface area contributed by atoms with Gasteiger partial charge in [0.1, 0.15) is 0 Å². The van der Waals surface area contributed by atoms with Gasteiger partial charge >= 0.3 is 0 Å². The molecule has 0 radical (unpaired) electrons. The number of carbonyl (C=O) groups is 2. The lowest BCUT2D eigenvalue weighted by atomic mass is 10.1. The topological polar surface area (TPSA) is 145 Å². The number of aryl methyl sites for hydroxylation is 1. The summed E-state index contributed by atoms with van der Waals surface area (Å²) in [5.74, 6) is 0.816. The van der Waals surface area contributed by atoms with Crippen LogP contribution in [0.3, 0.4) is 0 Å². The molecule has 12 nitrogen and oxygen atoms in total. The second-order valence-corrected chi connectivity index (χ2v) is 8.15. The van der Waals surface area contributed by atoms with Gasteiger partial charge in [-0.3, -0.25) is 9.59 Å². The molecule has 4 rings (SSSR count). The third kappa shape index (κ3) is 5.67. The third-order valence-electron chi connectivity index (χ3n) is 4.63. The van der Waals surface area contributed by atoms with E-state index in [4.69, 9.17) is 8.83 Å². The zero-order chi connectivity index (χ0) is 23.9. The number of thioether (sulfide) groups is 1. The van der Waals surface area contributed by atoms with Gasteiger partial charge in [0.2, 0.25) is 17.0 Å². The van der Waals surface area contributed by atoms with Gasteiger partial charge in [-0.15, -0.1) is 15.3 Å². The number of carbonyl (C=O) groups excluding carboxylic acids is 2. The summed E-state index contributed by atoms with van der Waals surface area (Å²) in [5.41, 5.74) is 1.07. The Labute approximate surface area is 198 Å². The maximum Gasteiger partial charge on any atom is 0.283 e. The molecular weight excluding hydrogens is 460 g/mol. The Morgan fingerprint density at radius 3 is 2.65 bits per heavy atom. The molecule has 0 bridgehead atoms. The predicted molar refractivity (Wildman–Crippen MR) is 122 cm³/mol. The molecule has 3 heterocycles. The molecule has 2 amide bonds. The van der Waals surface area contributed by atoms with Crippen LogP contribution in [0.2, 0.25) is 0 Å². The van der Waals surface area contributed by atoms with Gasteiger partial charge in [-0.2, -0.15) is 0 Å². The largest absolute Gasteiger partial charge is 0.459 e. The molecule has 4 aromatic rings. The van der Waals surface area contributed by atoms with Crippen molar-refractivity contribution in [3.8, 4) is 11.7 Å². The molecule has 0 saturated heterocycles. The maximum absolute atomic E-state index is 13.1. The van der Waals surface area contributed by atoms with Crippen molar-refractivity contribution in [3.05, 3.63) is 54.1 Å². The van der Waals surface area contributed by atoms with Crippen molar-refractivity contribution in [2.75, 3.05) is 17.6 Å². The van der Waals surface area contributed by atoms with Crippen LogP contribution in [0, 0.1) is 0 Å². The lowest BCUT2D eigenvalue weighted by Crippen LogP contribution is -2.31. The smallest absolute Gasteiger partial charge is 0.283 e. The van der Waals surface area contributed by atoms with Gasteiger partial charge in [0.15, 0.2) is 5.76 Å². The molecule has 176 valence electrons. The van der Waals surface area contributed by atoms with E-state index in [2.05, 4.69) is 31.0 Å². The summed E-state index contributed by atoms with van der Waals surface area (Å²) in [6, 6.07) is 10.2. The summed E-state index contributed by atoms with van der Waals surface area (Å²) in [7, 11) is 1.70. The van der Waals surface area contributed by atoms with Gasteiger partial charge in [0.25, 0.3) is 11.8 Å². The van der Waals surface area contributed by atoms with Crippen LogP contribution in [-0.4, -0.2) is 59.4 Å². The van der Waals surface area contributed by atoms with Gasteiger partial charge in [0.05, 0.1) is 18.6 Å². The van der Waals surface area contributed by atoms with Crippen molar-refractivity contribution < 1.29 is 18.4 Å². The first kappa shape index (κ1) is 23.2. The molecule has 0 fully saturated rings. The quantitative estimate of drug-likeness (QED) is 0.335. The fourth-order valence-electron chi connectivity index (χ4n) is 3.05. The molecule has 0 atom stereocenters. The number of aromatic nitrogens is 6. The molecule has 3 aromatic heterocycles. The van der Waals surface area contributed by atoms with Crippen LogP contribution in [-0.2, 0) is 18.4 Å². The van der Waals surface area contributed by atoms with Gasteiger partial charge in [-0.1, -0.05) is 18.7 Å². The number of furan rings is 1. The van der Waals surface area contributed by atoms with E-state index in [-0.39, 0.29) is 30.0 Å². The molecule has 34 heavy (non-hydrogen) atoms. The SMILES string of the molecule is CCCN(Cc1nnc(-c2ccco2)o1)C(=O)c1ccc(NC(=O)CSc2nnnn2C)cc1. The minimum Gasteiger partial charge on any atom is -0.459 e. The Morgan fingerprint density at radius 1 is 1.15 bits per heavy atom. The fourth-order valence-corrected chi connectivity index (χ4v) is 3.70. The molecule has 1 aromatic carbocycles. The Morgan fingerprint density at radius 2 is 1.97 bits per heavy atom. The van der Waals surface area contributed by atoms with E-state index < -0.39 is 0 Å². The summed E-state index contributed by atoms with van der Waals surface area (Å²) < 4.78 is 12.4. The van der Waals surface area contributed by atoms with E-state index >= 15 is 0 Å². The number of anilines is 1. The summed E-state index contributed by atoms with van der Waals surface area (Å²) in [5, 5.41) is 22.4. The number of benzene rings is 1. The summed E-state index contributed by atoms with van der Waals surface area (Å²) in [6.45, 7) is 2.67. The average molecular weight is 483 g/mol. The van der Waals surface area contributed by atoms with Gasteiger partial charge in [-0.25, -0.2) is 4.68 Å². The van der Waals surface area contributed by atoms with Crippen LogP contribution in [0.4, 0.5) is 5.69 Å². The standard InChI is InChI=1S/C21H22N8O4S/c1-3-10-29(12-18-23-24-19(33-18)16-5-4-11-32-16)20(31)14-6-8-15(9-7-14)22-17(30)13-34-21-25-26-27-28(21)2/h4-9,11H,3,10,12-13H2,1-2H3,(H,22,30).